The van der Waals surface area contributed by atoms with E-state index in [2.05, 4.69) is 21.5 Å². The zero-order valence-electron chi connectivity index (χ0n) is 17.0. The number of hydrogen-bond donors (Lipinski definition) is 4. The third kappa shape index (κ3) is 5.45. The second-order valence-electron chi connectivity index (χ2n) is 7.41. The van der Waals surface area contributed by atoms with Crippen LogP contribution in [0.15, 0.2) is 30.3 Å². The van der Waals surface area contributed by atoms with Gasteiger partial charge in [-0.3, -0.25) is 25.2 Å². The Hall–Kier alpha value is -2.61. The van der Waals surface area contributed by atoms with Crippen molar-refractivity contribution in [2.45, 2.75) is 51.7 Å². The van der Waals surface area contributed by atoms with E-state index in [1.54, 1.807) is 18.9 Å². The predicted octanol–water partition coefficient (Wildman–Crippen LogP) is 0.869. The molecular formula is C20H31N5O3. The molecule has 0 unspecified atom stereocenters. The molecule has 154 valence electrons. The number of carbonyl (C=O) groups excluding carboxylic acids is 3. The average molecular weight is 390 g/mol. The van der Waals surface area contributed by atoms with E-state index in [-0.39, 0.29) is 23.6 Å². The fourth-order valence-electron chi connectivity index (χ4n) is 3.14. The van der Waals surface area contributed by atoms with Crippen molar-refractivity contribution < 1.29 is 14.4 Å². The van der Waals surface area contributed by atoms with E-state index in [0.717, 1.165) is 12.1 Å². The van der Waals surface area contributed by atoms with E-state index < -0.39 is 18.1 Å². The Morgan fingerprint density at radius 3 is 2.39 bits per heavy atom. The monoisotopic (exact) mass is 389 g/mol. The number of carbonyl (C=O) groups is 3. The summed E-state index contributed by atoms with van der Waals surface area (Å²) in [7, 11) is 1.69. The summed E-state index contributed by atoms with van der Waals surface area (Å²) in [6, 6.07) is 7.67. The number of hydrazine groups is 1. The summed E-state index contributed by atoms with van der Waals surface area (Å²) >= 11 is 0. The first-order valence-electron chi connectivity index (χ1n) is 9.74. The minimum Gasteiger partial charge on any atom is -0.343 e. The molecule has 0 aromatic heterocycles. The molecule has 1 aromatic carbocycles. The van der Waals surface area contributed by atoms with Crippen LogP contribution >= 0.6 is 0 Å². The first-order valence-corrected chi connectivity index (χ1v) is 9.74. The van der Waals surface area contributed by atoms with E-state index in [4.69, 9.17) is 0 Å². The van der Waals surface area contributed by atoms with Crippen molar-refractivity contribution in [2.24, 2.45) is 5.92 Å². The van der Waals surface area contributed by atoms with Crippen LogP contribution in [0.1, 0.15) is 33.6 Å². The van der Waals surface area contributed by atoms with E-state index in [1.165, 1.54) is 0 Å². The molecule has 8 nitrogen and oxygen atoms in total. The van der Waals surface area contributed by atoms with Gasteiger partial charge in [0.1, 0.15) is 12.1 Å². The van der Waals surface area contributed by atoms with Crippen LogP contribution < -0.4 is 21.5 Å². The van der Waals surface area contributed by atoms with E-state index in [1.807, 2.05) is 44.2 Å². The maximum Gasteiger partial charge on any atom is 0.261 e. The van der Waals surface area contributed by atoms with Crippen molar-refractivity contribution in [3.05, 3.63) is 30.3 Å². The number of rotatable bonds is 8. The molecule has 4 N–H and O–H groups in total. The standard InChI is InChI=1S/C20H31N5O3/c1-13(2)17(22-18(26)14(3)21-4)20(28)25-12-8-11-16(25)19(27)24-23-15-9-6-5-7-10-15/h5-7,9-10,13-14,16-17,21,23H,8,11-12H2,1-4H3,(H,22,26)(H,24,27)/t14-,16+,17+/m1/s1. The van der Waals surface area contributed by atoms with Crippen LogP contribution in [0.2, 0.25) is 0 Å². The van der Waals surface area contributed by atoms with Crippen LogP contribution in [0.4, 0.5) is 5.69 Å². The van der Waals surface area contributed by atoms with Gasteiger partial charge in [-0.25, -0.2) is 0 Å². The zero-order valence-corrected chi connectivity index (χ0v) is 17.0. The van der Waals surface area contributed by atoms with Crippen molar-refractivity contribution >= 4 is 23.4 Å². The third-order valence-corrected chi connectivity index (χ3v) is 5.00. The molecule has 0 aliphatic carbocycles. The molecule has 0 bridgehead atoms. The van der Waals surface area contributed by atoms with Gasteiger partial charge in [0.05, 0.1) is 11.7 Å². The third-order valence-electron chi connectivity index (χ3n) is 5.00. The van der Waals surface area contributed by atoms with Gasteiger partial charge < -0.3 is 15.5 Å². The fourth-order valence-corrected chi connectivity index (χ4v) is 3.14. The van der Waals surface area contributed by atoms with Gasteiger partial charge in [-0.2, -0.15) is 0 Å². The molecule has 1 saturated heterocycles. The molecule has 1 aliphatic rings. The summed E-state index contributed by atoms with van der Waals surface area (Å²) in [5.74, 6) is -0.802. The van der Waals surface area contributed by atoms with Crippen molar-refractivity contribution in [1.82, 2.24) is 21.0 Å². The molecule has 0 spiro atoms. The predicted molar refractivity (Wildman–Crippen MR) is 108 cm³/mol. The highest BCUT2D eigenvalue weighted by molar-refractivity contribution is 5.93. The SMILES string of the molecule is CN[C@H](C)C(=O)N[C@H](C(=O)N1CCC[C@H]1C(=O)NNc1ccccc1)C(C)C. The average Bonchev–Trinajstić information content (AvgIpc) is 3.19. The molecule has 0 saturated carbocycles. The molecule has 1 aromatic rings. The van der Waals surface area contributed by atoms with Gasteiger partial charge in [-0.15, -0.1) is 0 Å². The molecule has 3 atom stereocenters. The van der Waals surface area contributed by atoms with Crippen LogP contribution in [-0.2, 0) is 14.4 Å². The molecule has 8 heteroatoms. The summed E-state index contributed by atoms with van der Waals surface area (Å²) in [5.41, 5.74) is 6.32. The quantitative estimate of drug-likeness (QED) is 0.494. The number of likely N-dealkylation sites (tertiary alicyclic amines) is 1. The number of benzene rings is 1. The van der Waals surface area contributed by atoms with Gasteiger partial charge in [0.2, 0.25) is 11.8 Å². The highest BCUT2D eigenvalue weighted by atomic mass is 16.2. The minimum absolute atomic E-state index is 0.0905. The summed E-state index contributed by atoms with van der Waals surface area (Å²) in [6.07, 6.45) is 1.35. The van der Waals surface area contributed by atoms with Crippen molar-refractivity contribution in [1.29, 1.82) is 0 Å². The molecule has 1 heterocycles. The van der Waals surface area contributed by atoms with Crippen LogP contribution in [0.3, 0.4) is 0 Å². The second kappa shape index (κ2) is 10.1. The first kappa shape index (κ1) is 21.7. The van der Waals surface area contributed by atoms with Crippen molar-refractivity contribution in [2.75, 3.05) is 19.0 Å². The number of hydrogen-bond acceptors (Lipinski definition) is 5. The fraction of sp³-hybridized carbons (Fsp3) is 0.550. The Morgan fingerprint density at radius 2 is 1.79 bits per heavy atom. The van der Waals surface area contributed by atoms with Crippen LogP contribution in [-0.4, -0.2) is 54.3 Å². The molecule has 2 rings (SSSR count). The lowest BCUT2D eigenvalue weighted by molar-refractivity contribution is -0.142. The van der Waals surface area contributed by atoms with Crippen molar-refractivity contribution in [3.8, 4) is 0 Å². The second-order valence-corrected chi connectivity index (χ2v) is 7.41. The minimum atomic E-state index is -0.668. The van der Waals surface area contributed by atoms with Crippen LogP contribution in [0.25, 0.3) is 0 Å². The molecule has 1 aliphatic heterocycles. The van der Waals surface area contributed by atoms with E-state index in [9.17, 15) is 14.4 Å². The normalized spacial score (nSPS) is 18.5. The van der Waals surface area contributed by atoms with Gasteiger partial charge in [0.15, 0.2) is 0 Å². The summed E-state index contributed by atoms with van der Waals surface area (Å²) in [5, 5.41) is 5.69. The molecule has 1 fully saturated rings. The van der Waals surface area contributed by atoms with Gasteiger partial charge in [-0.05, 0) is 44.9 Å². The van der Waals surface area contributed by atoms with Gasteiger partial charge in [0.25, 0.3) is 5.91 Å². The molecule has 0 radical (unpaired) electrons. The van der Waals surface area contributed by atoms with Crippen LogP contribution in [0.5, 0.6) is 0 Å². The number of nitrogens with zero attached hydrogens (tertiary/aromatic N) is 1. The number of para-hydroxylation sites is 1. The first-order chi connectivity index (χ1) is 13.3. The number of amides is 3. The lowest BCUT2D eigenvalue weighted by Crippen LogP contribution is -2.57. The number of nitrogens with one attached hydrogen (secondary N) is 4. The molecular weight excluding hydrogens is 358 g/mol. The summed E-state index contributed by atoms with van der Waals surface area (Å²) in [4.78, 5) is 39.6. The maximum atomic E-state index is 13.1. The Kier molecular flexibility index (Phi) is 7.80. The van der Waals surface area contributed by atoms with E-state index in [0.29, 0.717) is 13.0 Å². The Morgan fingerprint density at radius 1 is 1.11 bits per heavy atom. The smallest absolute Gasteiger partial charge is 0.261 e. The lowest BCUT2D eigenvalue weighted by atomic mass is 10.0. The lowest BCUT2D eigenvalue weighted by Gasteiger charge is -2.31. The zero-order chi connectivity index (χ0) is 20.7. The Bertz CT molecular complexity index is 680. The number of likely N-dealkylation sites (N-methyl/N-ethyl adjacent to an activating group) is 1. The van der Waals surface area contributed by atoms with Gasteiger partial charge in [0, 0.05) is 6.54 Å². The van der Waals surface area contributed by atoms with Gasteiger partial charge in [-0.1, -0.05) is 32.0 Å². The maximum absolute atomic E-state index is 13.1. The number of anilines is 1. The topological polar surface area (TPSA) is 103 Å². The largest absolute Gasteiger partial charge is 0.343 e. The van der Waals surface area contributed by atoms with Crippen molar-refractivity contribution in [3.63, 3.8) is 0 Å². The highest BCUT2D eigenvalue weighted by Gasteiger charge is 2.38. The Balaban J connectivity index is 2.02. The highest BCUT2D eigenvalue weighted by Crippen LogP contribution is 2.20. The molecule has 28 heavy (non-hydrogen) atoms. The molecule has 3 amide bonds. The Labute approximate surface area is 166 Å². The van der Waals surface area contributed by atoms with E-state index >= 15 is 0 Å². The van der Waals surface area contributed by atoms with Gasteiger partial charge >= 0.3 is 0 Å². The summed E-state index contributed by atoms with van der Waals surface area (Å²) in [6.45, 7) is 6.01. The van der Waals surface area contributed by atoms with Crippen LogP contribution in [0, 0.1) is 5.92 Å². The summed E-state index contributed by atoms with van der Waals surface area (Å²) < 4.78 is 0.